The van der Waals surface area contributed by atoms with E-state index in [1.165, 1.54) is 12.4 Å². The van der Waals surface area contributed by atoms with Gasteiger partial charge in [-0.25, -0.2) is 14.4 Å². The van der Waals surface area contributed by atoms with Crippen LogP contribution in [0.3, 0.4) is 0 Å². The zero-order valence-corrected chi connectivity index (χ0v) is 8.63. The summed E-state index contributed by atoms with van der Waals surface area (Å²) in [5.74, 6) is 0.279. The molecule has 0 fully saturated rings. The molecule has 14 heavy (non-hydrogen) atoms. The molecule has 0 aliphatic heterocycles. The Hall–Kier alpha value is -1.03. The number of hydrogen-bond donors (Lipinski definition) is 1. The van der Waals surface area contributed by atoms with Gasteiger partial charge in [-0.2, -0.15) is 0 Å². The normalized spacial score (nSPS) is 12.8. The summed E-state index contributed by atoms with van der Waals surface area (Å²) in [6.45, 7) is 2.14. The first-order valence-electron chi connectivity index (χ1n) is 4.92. The van der Waals surface area contributed by atoms with E-state index >= 15 is 0 Å². The van der Waals surface area contributed by atoms with Crippen LogP contribution in [0.5, 0.6) is 0 Å². The number of hydrogen-bond acceptors (Lipinski definition) is 3. The van der Waals surface area contributed by atoms with Gasteiger partial charge in [0.1, 0.15) is 5.82 Å². The summed E-state index contributed by atoms with van der Waals surface area (Å²) >= 11 is 0. The van der Waals surface area contributed by atoms with Gasteiger partial charge >= 0.3 is 0 Å². The maximum atomic E-state index is 12.6. The average Bonchev–Trinajstić information content (AvgIpc) is 2.21. The van der Waals surface area contributed by atoms with E-state index < -0.39 is 0 Å². The summed E-state index contributed by atoms with van der Waals surface area (Å²) in [6, 6.07) is 0.135. The number of nitrogens with one attached hydrogen (secondary N) is 1. The van der Waals surface area contributed by atoms with Crippen molar-refractivity contribution < 1.29 is 4.39 Å². The van der Waals surface area contributed by atoms with Crippen molar-refractivity contribution in [3.8, 4) is 0 Å². The molecule has 0 aliphatic carbocycles. The highest BCUT2D eigenvalue weighted by Gasteiger charge is 2.10. The molecular formula is C10H16FN3. The quantitative estimate of drug-likeness (QED) is 0.785. The van der Waals surface area contributed by atoms with Crippen molar-refractivity contribution in [3.05, 3.63) is 24.0 Å². The molecule has 0 saturated heterocycles. The lowest BCUT2D eigenvalue weighted by molar-refractivity contribution is 0.492. The van der Waals surface area contributed by atoms with Gasteiger partial charge in [-0.05, 0) is 13.5 Å². The molecule has 1 heterocycles. The second kappa shape index (κ2) is 5.65. The van der Waals surface area contributed by atoms with Crippen molar-refractivity contribution in [1.82, 2.24) is 15.3 Å². The Bertz CT molecular complexity index is 261. The van der Waals surface area contributed by atoms with Crippen molar-refractivity contribution in [2.75, 3.05) is 7.05 Å². The first kappa shape index (κ1) is 11.0. The molecule has 0 saturated carbocycles. The van der Waals surface area contributed by atoms with E-state index in [0.29, 0.717) is 5.82 Å². The predicted octanol–water partition coefficient (Wildman–Crippen LogP) is 2.07. The van der Waals surface area contributed by atoms with Crippen molar-refractivity contribution in [3.63, 3.8) is 0 Å². The Labute approximate surface area is 83.8 Å². The van der Waals surface area contributed by atoms with E-state index in [9.17, 15) is 4.39 Å². The molecular weight excluding hydrogens is 181 g/mol. The summed E-state index contributed by atoms with van der Waals surface area (Å²) in [4.78, 5) is 7.91. The van der Waals surface area contributed by atoms with Gasteiger partial charge in [-0.3, -0.25) is 0 Å². The summed E-state index contributed by atoms with van der Waals surface area (Å²) < 4.78 is 12.6. The van der Waals surface area contributed by atoms with Crippen LogP contribution in [0.15, 0.2) is 12.4 Å². The first-order chi connectivity index (χ1) is 6.77. The van der Waals surface area contributed by atoms with Crippen molar-refractivity contribution in [2.45, 2.75) is 32.2 Å². The number of unbranched alkanes of at least 4 members (excludes halogenated alkanes) is 1. The summed E-state index contributed by atoms with van der Waals surface area (Å²) in [7, 11) is 1.87. The fourth-order valence-electron chi connectivity index (χ4n) is 1.31. The fourth-order valence-corrected chi connectivity index (χ4v) is 1.31. The number of rotatable bonds is 5. The molecule has 0 amide bonds. The van der Waals surface area contributed by atoms with Crippen molar-refractivity contribution in [2.24, 2.45) is 0 Å². The average molecular weight is 197 g/mol. The monoisotopic (exact) mass is 197 g/mol. The molecule has 3 nitrogen and oxygen atoms in total. The summed E-state index contributed by atoms with van der Waals surface area (Å²) in [5.41, 5.74) is 0. The van der Waals surface area contributed by atoms with Crippen LogP contribution in [-0.2, 0) is 0 Å². The number of aromatic nitrogens is 2. The van der Waals surface area contributed by atoms with Crippen molar-refractivity contribution >= 4 is 0 Å². The second-order valence-corrected chi connectivity index (χ2v) is 3.24. The molecule has 1 aromatic rings. The Kier molecular flexibility index (Phi) is 4.46. The number of halogens is 1. The molecule has 1 rings (SSSR count). The highest BCUT2D eigenvalue weighted by Crippen LogP contribution is 2.14. The van der Waals surface area contributed by atoms with Crippen LogP contribution < -0.4 is 5.32 Å². The highest BCUT2D eigenvalue weighted by atomic mass is 19.1. The SMILES string of the molecule is CCCC[C@H](NC)c1ncc(F)cn1. The minimum atomic E-state index is -0.390. The lowest BCUT2D eigenvalue weighted by atomic mass is 10.1. The van der Waals surface area contributed by atoms with Gasteiger partial charge in [0.15, 0.2) is 5.82 Å². The van der Waals surface area contributed by atoms with Crippen LogP contribution in [0.2, 0.25) is 0 Å². The van der Waals surface area contributed by atoms with Gasteiger partial charge in [0.25, 0.3) is 0 Å². The molecule has 0 aliphatic rings. The summed E-state index contributed by atoms with van der Waals surface area (Å²) in [6.07, 6.45) is 5.65. The van der Waals surface area contributed by atoms with E-state index in [1.54, 1.807) is 0 Å². The fraction of sp³-hybridized carbons (Fsp3) is 0.600. The standard InChI is InChI=1S/C10H16FN3/c1-3-4-5-9(12-2)10-13-6-8(11)7-14-10/h6-7,9,12H,3-5H2,1-2H3/t9-/m0/s1. The smallest absolute Gasteiger partial charge is 0.159 e. The van der Waals surface area contributed by atoms with E-state index in [0.717, 1.165) is 19.3 Å². The van der Waals surface area contributed by atoms with E-state index in [4.69, 9.17) is 0 Å². The molecule has 4 heteroatoms. The molecule has 0 radical (unpaired) electrons. The second-order valence-electron chi connectivity index (χ2n) is 3.24. The molecule has 1 aromatic heterocycles. The molecule has 0 aromatic carbocycles. The maximum absolute atomic E-state index is 12.6. The van der Waals surface area contributed by atoms with Crippen LogP contribution >= 0.6 is 0 Å². The molecule has 1 N–H and O–H groups in total. The van der Waals surface area contributed by atoms with Crippen LogP contribution in [0.25, 0.3) is 0 Å². The van der Waals surface area contributed by atoms with E-state index in [-0.39, 0.29) is 11.9 Å². The molecule has 1 atom stereocenters. The third kappa shape index (κ3) is 3.03. The Morgan fingerprint density at radius 3 is 2.57 bits per heavy atom. The van der Waals surface area contributed by atoms with Crippen LogP contribution in [0, 0.1) is 5.82 Å². The van der Waals surface area contributed by atoms with Gasteiger partial charge in [0, 0.05) is 0 Å². The Morgan fingerprint density at radius 2 is 2.07 bits per heavy atom. The predicted molar refractivity (Wildman–Crippen MR) is 53.3 cm³/mol. The number of nitrogens with zero attached hydrogens (tertiary/aromatic N) is 2. The molecule has 0 bridgehead atoms. The Morgan fingerprint density at radius 1 is 1.43 bits per heavy atom. The highest BCUT2D eigenvalue weighted by molar-refractivity contribution is 4.96. The lowest BCUT2D eigenvalue weighted by Crippen LogP contribution is -2.19. The van der Waals surface area contributed by atoms with Crippen molar-refractivity contribution in [1.29, 1.82) is 0 Å². The first-order valence-corrected chi connectivity index (χ1v) is 4.92. The van der Waals surface area contributed by atoms with Crippen LogP contribution in [0.1, 0.15) is 38.1 Å². The topological polar surface area (TPSA) is 37.8 Å². The minimum Gasteiger partial charge on any atom is -0.310 e. The van der Waals surface area contributed by atoms with Crippen LogP contribution in [-0.4, -0.2) is 17.0 Å². The summed E-state index contributed by atoms with van der Waals surface area (Å²) in [5, 5.41) is 3.13. The largest absolute Gasteiger partial charge is 0.310 e. The van der Waals surface area contributed by atoms with Gasteiger partial charge in [0.05, 0.1) is 18.4 Å². The zero-order valence-electron chi connectivity index (χ0n) is 8.63. The van der Waals surface area contributed by atoms with E-state index in [1.807, 2.05) is 7.05 Å². The third-order valence-corrected chi connectivity index (χ3v) is 2.15. The zero-order chi connectivity index (χ0) is 10.4. The van der Waals surface area contributed by atoms with Gasteiger partial charge < -0.3 is 5.32 Å². The maximum Gasteiger partial charge on any atom is 0.159 e. The lowest BCUT2D eigenvalue weighted by Gasteiger charge is -2.13. The molecule has 0 spiro atoms. The van der Waals surface area contributed by atoms with Gasteiger partial charge in [-0.15, -0.1) is 0 Å². The van der Waals surface area contributed by atoms with Gasteiger partial charge in [-0.1, -0.05) is 19.8 Å². The van der Waals surface area contributed by atoms with Crippen LogP contribution in [0.4, 0.5) is 4.39 Å². The minimum absolute atomic E-state index is 0.135. The molecule has 0 unspecified atom stereocenters. The van der Waals surface area contributed by atoms with Gasteiger partial charge in [0.2, 0.25) is 0 Å². The Balaban J connectivity index is 2.64. The third-order valence-electron chi connectivity index (χ3n) is 2.15. The molecule has 78 valence electrons. The van der Waals surface area contributed by atoms with E-state index in [2.05, 4.69) is 22.2 Å².